The third-order valence-corrected chi connectivity index (χ3v) is 2.45. The van der Waals surface area contributed by atoms with Gasteiger partial charge in [0.1, 0.15) is 6.54 Å². The first-order valence-electron chi connectivity index (χ1n) is 5.09. The third kappa shape index (κ3) is 2.03. The molecule has 0 amide bonds. The third-order valence-electron chi connectivity index (χ3n) is 2.45. The van der Waals surface area contributed by atoms with Crippen LogP contribution in [0.4, 0.5) is 5.69 Å². The minimum absolute atomic E-state index is 0.0882. The van der Waals surface area contributed by atoms with E-state index in [4.69, 9.17) is 5.11 Å². The molecule has 2 heterocycles. The van der Waals surface area contributed by atoms with E-state index in [2.05, 4.69) is 15.3 Å². The van der Waals surface area contributed by atoms with E-state index < -0.39 is 5.97 Å². The van der Waals surface area contributed by atoms with Crippen LogP contribution in [-0.4, -0.2) is 44.6 Å². The largest absolute Gasteiger partial charge is 0.480 e. The minimum atomic E-state index is -0.890. The van der Waals surface area contributed by atoms with Crippen molar-refractivity contribution >= 4 is 22.8 Å². The first kappa shape index (κ1) is 11.3. The van der Waals surface area contributed by atoms with Crippen molar-refractivity contribution in [3.63, 3.8) is 0 Å². The van der Waals surface area contributed by atoms with Gasteiger partial charge >= 0.3 is 5.97 Å². The number of carboxylic acids is 1. The van der Waals surface area contributed by atoms with Gasteiger partial charge in [0.05, 0.1) is 5.69 Å². The molecule has 2 rings (SSSR count). The Morgan fingerprint density at radius 2 is 2.29 bits per heavy atom. The van der Waals surface area contributed by atoms with Gasteiger partial charge in [-0.2, -0.15) is 0 Å². The van der Waals surface area contributed by atoms with Gasteiger partial charge in [0.25, 0.3) is 0 Å². The number of anilines is 1. The van der Waals surface area contributed by atoms with Gasteiger partial charge in [-0.15, -0.1) is 5.10 Å². The number of hydrogen-bond acceptors (Lipinski definition) is 5. The number of aryl methyl sites for hydroxylation is 2. The highest BCUT2D eigenvalue weighted by Crippen LogP contribution is 2.23. The Balaban J connectivity index is 2.56. The molecule has 0 fully saturated rings. The molecule has 17 heavy (non-hydrogen) atoms. The zero-order chi connectivity index (χ0) is 12.6. The second kappa shape index (κ2) is 4.00. The summed E-state index contributed by atoms with van der Waals surface area (Å²) in [6, 6.07) is 1.81. The van der Waals surface area contributed by atoms with Crippen LogP contribution < -0.4 is 4.90 Å². The molecular weight excluding hydrogens is 222 g/mol. The Bertz CT molecular complexity index is 577. The van der Waals surface area contributed by atoms with Crippen LogP contribution in [0.2, 0.25) is 0 Å². The van der Waals surface area contributed by atoms with E-state index in [1.54, 1.807) is 29.7 Å². The summed E-state index contributed by atoms with van der Waals surface area (Å²) in [6.45, 7) is 1.76. The van der Waals surface area contributed by atoms with E-state index in [-0.39, 0.29) is 6.54 Å². The van der Waals surface area contributed by atoms with Crippen molar-refractivity contribution in [1.82, 2.24) is 20.0 Å². The zero-order valence-corrected chi connectivity index (χ0v) is 9.88. The summed E-state index contributed by atoms with van der Waals surface area (Å²) in [6.07, 6.45) is 0. The topological polar surface area (TPSA) is 84.1 Å². The highest BCUT2D eigenvalue weighted by Gasteiger charge is 2.14. The molecule has 2 aromatic rings. The van der Waals surface area contributed by atoms with E-state index in [0.717, 1.165) is 11.4 Å². The number of rotatable bonds is 3. The normalized spacial score (nSPS) is 10.8. The first-order chi connectivity index (χ1) is 7.99. The average molecular weight is 235 g/mol. The van der Waals surface area contributed by atoms with E-state index in [1.165, 1.54) is 0 Å². The molecule has 0 aromatic carbocycles. The van der Waals surface area contributed by atoms with Crippen LogP contribution in [0, 0.1) is 6.92 Å². The molecule has 0 unspecified atom stereocenters. The van der Waals surface area contributed by atoms with Gasteiger partial charge in [0.2, 0.25) is 0 Å². The lowest BCUT2D eigenvalue weighted by Crippen LogP contribution is -2.25. The summed E-state index contributed by atoms with van der Waals surface area (Å²) in [7, 11) is 3.46. The lowest BCUT2D eigenvalue weighted by Gasteiger charge is -2.17. The van der Waals surface area contributed by atoms with Gasteiger partial charge < -0.3 is 10.0 Å². The lowest BCUT2D eigenvalue weighted by atomic mass is 10.2. The van der Waals surface area contributed by atoms with Crippen molar-refractivity contribution in [2.75, 3.05) is 18.5 Å². The fourth-order valence-electron chi connectivity index (χ4n) is 1.69. The maximum absolute atomic E-state index is 10.7. The number of nitrogens with zero attached hydrogens (tertiary/aromatic N) is 5. The van der Waals surface area contributed by atoms with E-state index >= 15 is 0 Å². The summed E-state index contributed by atoms with van der Waals surface area (Å²) in [4.78, 5) is 16.7. The summed E-state index contributed by atoms with van der Waals surface area (Å²) in [5.41, 5.74) is 2.79. The van der Waals surface area contributed by atoms with Gasteiger partial charge in [0, 0.05) is 19.8 Å². The van der Waals surface area contributed by atoms with E-state index in [1.807, 2.05) is 6.92 Å². The van der Waals surface area contributed by atoms with Crippen molar-refractivity contribution in [2.45, 2.75) is 6.92 Å². The SMILES string of the molecule is Cc1cc(N(C)CC(=O)O)c2nnn(C)c2n1. The number of pyridine rings is 1. The number of carbonyl (C=O) groups is 1. The molecule has 0 aliphatic rings. The van der Waals surface area contributed by atoms with Gasteiger partial charge in [-0.25, -0.2) is 9.67 Å². The molecule has 7 nitrogen and oxygen atoms in total. The maximum atomic E-state index is 10.7. The molecule has 90 valence electrons. The molecule has 2 aromatic heterocycles. The summed E-state index contributed by atoms with van der Waals surface area (Å²) >= 11 is 0. The van der Waals surface area contributed by atoms with Gasteiger partial charge in [0.15, 0.2) is 11.2 Å². The molecule has 0 bridgehead atoms. The molecule has 1 N–H and O–H groups in total. The number of carboxylic acid groups (broad SMARTS) is 1. The monoisotopic (exact) mass is 235 g/mol. The van der Waals surface area contributed by atoms with Crippen molar-refractivity contribution in [1.29, 1.82) is 0 Å². The summed E-state index contributed by atoms with van der Waals surface area (Å²) < 4.78 is 1.57. The van der Waals surface area contributed by atoms with E-state index in [0.29, 0.717) is 11.2 Å². The molecular formula is C10H13N5O2. The number of aromatic nitrogens is 4. The highest BCUT2D eigenvalue weighted by atomic mass is 16.4. The average Bonchev–Trinajstić information content (AvgIpc) is 2.58. The quantitative estimate of drug-likeness (QED) is 0.817. The smallest absolute Gasteiger partial charge is 0.323 e. The van der Waals surface area contributed by atoms with Crippen LogP contribution >= 0.6 is 0 Å². The molecule has 0 spiro atoms. The van der Waals surface area contributed by atoms with Crippen molar-refractivity contribution in [3.05, 3.63) is 11.8 Å². The van der Waals surface area contributed by atoms with Crippen LogP contribution in [0.15, 0.2) is 6.07 Å². The van der Waals surface area contributed by atoms with Gasteiger partial charge in [-0.3, -0.25) is 4.79 Å². The maximum Gasteiger partial charge on any atom is 0.323 e. The van der Waals surface area contributed by atoms with Crippen LogP contribution in [0.1, 0.15) is 5.69 Å². The van der Waals surface area contributed by atoms with Crippen LogP contribution in [-0.2, 0) is 11.8 Å². The predicted octanol–water partition coefficient (Wildman–Crippen LogP) is 0.193. The molecule has 0 saturated heterocycles. The minimum Gasteiger partial charge on any atom is -0.480 e. The summed E-state index contributed by atoms with van der Waals surface area (Å²) in [5.74, 6) is -0.890. The Morgan fingerprint density at radius 1 is 1.59 bits per heavy atom. The van der Waals surface area contributed by atoms with Crippen LogP contribution in [0.5, 0.6) is 0 Å². The molecule has 0 saturated carbocycles. The van der Waals surface area contributed by atoms with Crippen molar-refractivity contribution in [2.24, 2.45) is 7.05 Å². The second-order valence-corrected chi connectivity index (χ2v) is 3.92. The van der Waals surface area contributed by atoms with Gasteiger partial charge in [-0.05, 0) is 13.0 Å². The molecule has 7 heteroatoms. The lowest BCUT2D eigenvalue weighted by molar-refractivity contribution is -0.135. The van der Waals surface area contributed by atoms with Crippen molar-refractivity contribution in [3.8, 4) is 0 Å². The van der Waals surface area contributed by atoms with E-state index in [9.17, 15) is 4.79 Å². The predicted molar refractivity (Wildman–Crippen MR) is 61.9 cm³/mol. The van der Waals surface area contributed by atoms with Crippen molar-refractivity contribution < 1.29 is 9.90 Å². The Labute approximate surface area is 97.7 Å². The zero-order valence-electron chi connectivity index (χ0n) is 9.88. The molecule has 0 radical (unpaired) electrons. The highest BCUT2D eigenvalue weighted by molar-refractivity contribution is 5.87. The first-order valence-corrected chi connectivity index (χ1v) is 5.09. The molecule has 0 aliphatic carbocycles. The number of likely N-dealkylation sites (N-methyl/N-ethyl adjacent to an activating group) is 1. The van der Waals surface area contributed by atoms with Crippen LogP contribution in [0.3, 0.4) is 0 Å². The fraction of sp³-hybridized carbons (Fsp3) is 0.400. The standard InChI is InChI=1S/C10H13N5O2/c1-6-4-7(14(2)5-8(16)17)9-10(11-6)15(3)13-12-9/h4H,5H2,1-3H3,(H,16,17). The van der Waals surface area contributed by atoms with Gasteiger partial charge in [-0.1, -0.05) is 5.21 Å². The molecule has 0 aliphatic heterocycles. The Morgan fingerprint density at radius 3 is 2.94 bits per heavy atom. The Hall–Kier alpha value is -2.18. The number of aliphatic carboxylic acids is 1. The fourth-order valence-corrected chi connectivity index (χ4v) is 1.69. The number of fused-ring (bicyclic) bond motifs is 1. The Kier molecular flexibility index (Phi) is 2.66. The number of hydrogen-bond donors (Lipinski definition) is 1. The van der Waals surface area contributed by atoms with Crippen LogP contribution in [0.25, 0.3) is 11.2 Å². The molecule has 0 atom stereocenters. The second-order valence-electron chi connectivity index (χ2n) is 3.92. The summed E-state index contributed by atoms with van der Waals surface area (Å²) in [5, 5.41) is 16.7.